The van der Waals surface area contributed by atoms with Crippen LogP contribution in [0.3, 0.4) is 0 Å². The third-order valence-electron chi connectivity index (χ3n) is 6.85. The quantitative estimate of drug-likeness (QED) is 0.741. The summed E-state index contributed by atoms with van der Waals surface area (Å²) in [5.74, 6) is 0.735. The first-order valence-corrected chi connectivity index (χ1v) is 11.9. The lowest BCUT2D eigenvalue weighted by atomic mass is 9.91. The second-order valence-electron chi connectivity index (χ2n) is 9.07. The van der Waals surface area contributed by atoms with Gasteiger partial charge >= 0.3 is 0 Å². The van der Waals surface area contributed by atoms with Gasteiger partial charge in [-0.05, 0) is 63.0 Å². The van der Waals surface area contributed by atoms with Crippen molar-refractivity contribution in [1.82, 2.24) is 19.2 Å². The van der Waals surface area contributed by atoms with Gasteiger partial charge in [-0.15, -0.1) is 0 Å². The molecule has 1 saturated heterocycles. The second kappa shape index (κ2) is 8.56. The number of carbonyl (C=O) groups is 2. The molecule has 3 aliphatic rings. The first-order chi connectivity index (χ1) is 15.5. The molecule has 9 heteroatoms. The van der Waals surface area contributed by atoms with Crippen LogP contribution in [0.25, 0.3) is 5.65 Å². The Balaban J connectivity index is 1.36. The molecule has 0 aromatic carbocycles. The highest BCUT2D eigenvalue weighted by atomic mass is 35.5. The number of rotatable bonds is 5. The summed E-state index contributed by atoms with van der Waals surface area (Å²) in [5.41, 5.74) is 1.82. The third-order valence-corrected chi connectivity index (χ3v) is 7.21. The van der Waals surface area contributed by atoms with Crippen molar-refractivity contribution in [2.45, 2.75) is 63.5 Å². The van der Waals surface area contributed by atoms with Crippen molar-refractivity contribution in [3.63, 3.8) is 0 Å². The Labute approximate surface area is 192 Å². The van der Waals surface area contributed by atoms with Crippen molar-refractivity contribution in [2.24, 2.45) is 0 Å². The molecule has 0 radical (unpaired) electrons. The lowest BCUT2D eigenvalue weighted by molar-refractivity contribution is -0.138. The van der Waals surface area contributed by atoms with E-state index in [4.69, 9.17) is 16.3 Å². The van der Waals surface area contributed by atoms with E-state index in [2.05, 4.69) is 4.98 Å². The third kappa shape index (κ3) is 3.94. The van der Waals surface area contributed by atoms with E-state index >= 15 is 0 Å². The van der Waals surface area contributed by atoms with Crippen LogP contribution in [0, 0.1) is 0 Å². The number of ether oxygens (including phenoxy) is 1. The normalized spacial score (nSPS) is 24.3. The Morgan fingerprint density at radius 3 is 2.62 bits per heavy atom. The zero-order valence-electron chi connectivity index (χ0n) is 18.3. The molecule has 1 aliphatic heterocycles. The highest BCUT2D eigenvalue weighted by Gasteiger charge is 2.35. The van der Waals surface area contributed by atoms with Crippen LogP contribution in [0.5, 0.6) is 5.75 Å². The minimum atomic E-state index is -0.332. The maximum absolute atomic E-state index is 13.3. The maximum Gasteiger partial charge on any atom is 0.276 e. The summed E-state index contributed by atoms with van der Waals surface area (Å²) in [6, 6.07) is 2.15. The van der Waals surface area contributed by atoms with Crippen LogP contribution in [0.4, 0.5) is 0 Å². The molecular formula is C23H29ClN4O4. The fourth-order valence-corrected chi connectivity index (χ4v) is 5.16. The molecule has 3 heterocycles. The summed E-state index contributed by atoms with van der Waals surface area (Å²) in [6.07, 6.45) is 7.03. The van der Waals surface area contributed by atoms with Crippen molar-refractivity contribution < 1.29 is 19.4 Å². The van der Waals surface area contributed by atoms with Crippen LogP contribution in [0.15, 0.2) is 12.3 Å². The predicted molar refractivity (Wildman–Crippen MR) is 119 cm³/mol. The molecule has 0 bridgehead atoms. The van der Waals surface area contributed by atoms with Crippen LogP contribution in [-0.4, -0.2) is 74.5 Å². The molecule has 2 amide bonds. The number of nitrogens with zero attached hydrogens (tertiary/aromatic N) is 4. The summed E-state index contributed by atoms with van der Waals surface area (Å²) < 4.78 is 7.53. The van der Waals surface area contributed by atoms with Crippen LogP contribution < -0.4 is 4.74 Å². The number of aromatic nitrogens is 2. The number of aliphatic hydroxyl groups excluding tert-OH is 1. The summed E-state index contributed by atoms with van der Waals surface area (Å²) in [5, 5.41) is 9.99. The minimum absolute atomic E-state index is 0.0216. The van der Waals surface area contributed by atoms with Gasteiger partial charge in [-0.3, -0.25) is 14.0 Å². The summed E-state index contributed by atoms with van der Waals surface area (Å²) in [4.78, 5) is 34.1. The molecule has 2 aliphatic carbocycles. The maximum atomic E-state index is 13.3. The number of hydrogen-bond acceptors (Lipinski definition) is 5. The van der Waals surface area contributed by atoms with Gasteiger partial charge < -0.3 is 19.6 Å². The Bertz CT molecular complexity index is 1040. The van der Waals surface area contributed by atoms with Gasteiger partial charge in [0.1, 0.15) is 11.7 Å². The number of amides is 2. The van der Waals surface area contributed by atoms with Gasteiger partial charge in [0, 0.05) is 25.3 Å². The number of pyridine rings is 1. The standard InChI is InChI=1S/C23H29ClN4O4/c1-2-32-18-11-15(14-3-4-14)12-28-21(24)20(25-22(18)28)23(31)26-9-10-27(19(30)13-26)16-5-7-17(29)8-6-16/h11-12,14,16-17,29H,2-10,13H2,1H3. The van der Waals surface area contributed by atoms with Crippen molar-refractivity contribution >= 4 is 29.1 Å². The van der Waals surface area contributed by atoms with E-state index in [1.54, 1.807) is 4.40 Å². The van der Waals surface area contributed by atoms with Gasteiger partial charge in [0.25, 0.3) is 5.91 Å². The topological polar surface area (TPSA) is 87.4 Å². The first kappa shape index (κ1) is 21.5. The molecule has 2 saturated carbocycles. The van der Waals surface area contributed by atoms with E-state index in [-0.39, 0.29) is 41.4 Å². The number of carbonyl (C=O) groups excluding carboxylic acids is 2. The van der Waals surface area contributed by atoms with E-state index < -0.39 is 0 Å². The van der Waals surface area contributed by atoms with Gasteiger partial charge in [0.15, 0.2) is 17.1 Å². The number of imidazole rings is 1. The number of piperazine rings is 1. The van der Waals surface area contributed by atoms with E-state index in [0.29, 0.717) is 37.0 Å². The molecule has 32 heavy (non-hydrogen) atoms. The van der Waals surface area contributed by atoms with Crippen LogP contribution in [0.1, 0.15) is 67.4 Å². The summed E-state index contributed by atoms with van der Waals surface area (Å²) in [7, 11) is 0. The largest absolute Gasteiger partial charge is 0.490 e. The smallest absolute Gasteiger partial charge is 0.276 e. The van der Waals surface area contributed by atoms with Crippen molar-refractivity contribution in [1.29, 1.82) is 0 Å². The predicted octanol–water partition coefficient (Wildman–Crippen LogP) is 2.85. The molecule has 1 N–H and O–H groups in total. The van der Waals surface area contributed by atoms with Gasteiger partial charge in [0.05, 0.1) is 12.7 Å². The number of aliphatic hydroxyl groups is 1. The summed E-state index contributed by atoms with van der Waals surface area (Å²) in [6.45, 7) is 3.36. The fraction of sp³-hybridized carbons (Fsp3) is 0.609. The van der Waals surface area contributed by atoms with Gasteiger partial charge in [-0.1, -0.05) is 11.6 Å². The molecule has 8 nitrogen and oxygen atoms in total. The molecule has 172 valence electrons. The molecule has 2 aromatic rings. The number of fused-ring (bicyclic) bond motifs is 1. The Hall–Kier alpha value is -2.32. The molecule has 3 fully saturated rings. The molecular weight excluding hydrogens is 432 g/mol. The van der Waals surface area contributed by atoms with Gasteiger partial charge in [-0.25, -0.2) is 4.98 Å². The Morgan fingerprint density at radius 2 is 1.97 bits per heavy atom. The van der Waals surface area contributed by atoms with Crippen LogP contribution >= 0.6 is 11.6 Å². The van der Waals surface area contributed by atoms with E-state index in [0.717, 1.165) is 44.1 Å². The van der Waals surface area contributed by atoms with Crippen molar-refractivity contribution in [3.05, 3.63) is 28.7 Å². The van der Waals surface area contributed by atoms with Crippen molar-refractivity contribution in [3.8, 4) is 5.75 Å². The van der Waals surface area contributed by atoms with Crippen LogP contribution in [-0.2, 0) is 4.79 Å². The number of halogens is 1. The lowest BCUT2D eigenvalue weighted by Gasteiger charge is -2.41. The van der Waals surface area contributed by atoms with Crippen molar-refractivity contribution in [2.75, 3.05) is 26.2 Å². The number of hydrogen-bond donors (Lipinski definition) is 1. The molecule has 2 aromatic heterocycles. The van der Waals surface area contributed by atoms with E-state index in [1.807, 2.05) is 24.1 Å². The lowest BCUT2D eigenvalue weighted by Crippen LogP contribution is -2.56. The average molecular weight is 461 g/mol. The van der Waals surface area contributed by atoms with E-state index in [1.165, 1.54) is 4.90 Å². The Morgan fingerprint density at radius 1 is 1.22 bits per heavy atom. The second-order valence-corrected chi connectivity index (χ2v) is 9.42. The fourth-order valence-electron chi connectivity index (χ4n) is 4.91. The SMILES string of the molecule is CCOc1cc(C2CC2)cn2c(Cl)c(C(=O)N3CCN(C4CCC(O)CC4)C(=O)C3)nc12. The first-order valence-electron chi connectivity index (χ1n) is 11.6. The Kier molecular flexibility index (Phi) is 5.75. The zero-order valence-corrected chi connectivity index (χ0v) is 19.1. The van der Waals surface area contributed by atoms with Gasteiger partial charge in [0.2, 0.25) is 5.91 Å². The highest BCUT2D eigenvalue weighted by molar-refractivity contribution is 6.33. The zero-order chi connectivity index (χ0) is 22.4. The highest BCUT2D eigenvalue weighted by Crippen LogP contribution is 2.42. The minimum Gasteiger partial charge on any atom is -0.490 e. The van der Waals surface area contributed by atoms with Gasteiger partial charge in [-0.2, -0.15) is 0 Å². The molecule has 0 unspecified atom stereocenters. The monoisotopic (exact) mass is 460 g/mol. The van der Waals surface area contributed by atoms with Crippen LogP contribution in [0.2, 0.25) is 5.15 Å². The molecule has 0 atom stereocenters. The molecule has 0 spiro atoms. The average Bonchev–Trinajstić information content (AvgIpc) is 3.58. The van der Waals surface area contributed by atoms with E-state index in [9.17, 15) is 14.7 Å². The molecule has 5 rings (SSSR count). The summed E-state index contributed by atoms with van der Waals surface area (Å²) >= 11 is 6.62.